The highest BCUT2D eigenvalue weighted by atomic mass is 35.5. The van der Waals surface area contributed by atoms with Gasteiger partial charge in [-0.3, -0.25) is 0 Å². The Morgan fingerprint density at radius 2 is 2.12 bits per heavy atom. The lowest BCUT2D eigenvalue weighted by Gasteiger charge is -2.09. The van der Waals surface area contributed by atoms with Gasteiger partial charge in [-0.15, -0.1) is 12.4 Å². The molecule has 0 fully saturated rings. The second-order valence-electron chi connectivity index (χ2n) is 3.88. The van der Waals surface area contributed by atoms with Crippen LogP contribution in [0, 0.1) is 11.3 Å². The summed E-state index contributed by atoms with van der Waals surface area (Å²) in [4.78, 5) is 0. The molecule has 0 spiro atoms. The van der Waals surface area contributed by atoms with Crippen molar-refractivity contribution < 1.29 is 0 Å². The van der Waals surface area contributed by atoms with Crippen molar-refractivity contribution in [2.24, 2.45) is 0 Å². The quantitative estimate of drug-likeness (QED) is 0.845. The lowest BCUT2D eigenvalue weighted by atomic mass is 10.1. The molecule has 0 saturated heterocycles. The number of nitriles is 1. The summed E-state index contributed by atoms with van der Waals surface area (Å²) in [5, 5.41) is 12.6. The first-order chi connectivity index (χ1) is 7.29. The van der Waals surface area contributed by atoms with Crippen LogP contribution in [0.5, 0.6) is 0 Å². The number of nitrogens with zero attached hydrogens (tertiary/aromatic N) is 1. The van der Waals surface area contributed by atoms with E-state index in [0.29, 0.717) is 12.5 Å². The van der Waals surface area contributed by atoms with Gasteiger partial charge in [-0.25, -0.2) is 0 Å². The van der Waals surface area contributed by atoms with Gasteiger partial charge in [0.05, 0.1) is 6.07 Å². The maximum Gasteiger partial charge on any atom is 0.0635 e. The predicted molar refractivity (Wildman–Crippen MR) is 68.1 cm³/mol. The van der Waals surface area contributed by atoms with E-state index in [9.17, 15) is 0 Å². The minimum Gasteiger partial charge on any atom is -0.312 e. The van der Waals surface area contributed by atoms with Gasteiger partial charge in [-0.05, 0) is 36.1 Å². The van der Waals surface area contributed by atoms with Gasteiger partial charge < -0.3 is 5.32 Å². The smallest absolute Gasteiger partial charge is 0.0635 e. The van der Waals surface area contributed by atoms with Crippen LogP contribution in [0.3, 0.4) is 0 Å². The Morgan fingerprint density at radius 3 is 2.88 bits per heavy atom. The topological polar surface area (TPSA) is 35.8 Å². The number of hydrogen-bond acceptors (Lipinski definition) is 2. The van der Waals surface area contributed by atoms with Gasteiger partial charge in [0.1, 0.15) is 0 Å². The summed E-state index contributed by atoms with van der Waals surface area (Å²) in [5.74, 6) is 0. The molecule has 1 N–H and O–H groups in total. The molecule has 1 aliphatic carbocycles. The minimum absolute atomic E-state index is 0. The molecule has 16 heavy (non-hydrogen) atoms. The maximum absolute atomic E-state index is 8.44. The van der Waals surface area contributed by atoms with Crippen molar-refractivity contribution >= 4 is 24.0 Å². The Balaban J connectivity index is 0.00000128. The third kappa shape index (κ3) is 3.12. The summed E-state index contributed by atoms with van der Waals surface area (Å²) in [5.41, 5.74) is 2.73. The predicted octanol–water partition coefficient (Wildman–Crippen LogP) is 2.73. The fraction of sp³-hybridized carbons (Fsp3) is 0.417. The molecule has 0 aromatic heterocycles. The maximum atomic E-state index is 8.44. The number of hydrogen-bond donors (Lipinski definition) is 1. The Hall–Kier alpha value is -0.750. The van der Waals surface area contributed by atoms with Gasteiger partial charge in [0.25, 0.3) is 0 Å². The molecule has 0 bridgehead atoms. The van der Waals surface area contributed by atoms with Crippen molar-refractivity contribution in [1.29, 1.82) is 5.26 Å². The number of halogens is 2. The first-order valence-corrected chi connectivity index (χ1v) is 5.55. The Kier molecular flexibility index (Phi) is 5.08. The van der Waals surface area contributed by atoms with Crippen LogP contribution in [0.1, 0.15) is 17.5 Å². The SMILES string of the molecule is Cl.N#CCCNC1Cc2ccc(Cl)cc2C1. The largest absolute Gasteiger partial charge is 0.312 e. The zero-order valence-electron chi connectivity index (χ0n) is 8.87. The molecule has 0 aliphatic heterocycles. The van der Waals surface area contributed by atoms with E-state index in [-0.39, 0.29) is 12.4 Å². The lowest BCUT2D eigenvalue weighted by molar-refractivity contribution is 0.541. The molecular weight excluding hydrogens is 243 g/mol. The van der Waals surface area contributed by atoms with E-state index in [4.69, 9.17) is 16.9 Å². The molecule has 0 amide bonds. The van der Waals surface area contributed by atoms with E-state index in [1.54, 1.807) is 0 Å². The summed E-state index contributed by atoms with van der Waals surface area (Å²) in [6.45, 7) is 0.781. The first kappa shape index (κ1) is 13.3. The molecule has 2 nitrogen and oxygen atoms in total. The van der Waals surface area contributed by atoms with Gasteiger partial charge in [-0.2, -0.15) is 5.26 Å². The normalized spacial score (nSPS) is 17.4. The standard InChI is InChI=1S/C12H13ClN2.ClH/c13-11-3-2-9-7-12(8-10(9)6-11)15-5-1-4-14;/h2-3,6,12,15H,1,5,7-8H2;1H. The minimum atomic E-state index is 0. The molecule has 2 rings (SSSR count). The van der Waals surface area contributed by atoms with Crippen LogP contribution in [0.4, 0.5) is 0 Å². The van der Waals surface area contributed by atoms with Gasteiger partial charge in [0.15, 0.2) is 0 Å². The Bertz CT molecular complexity index is 398. The van der Waals surface area contributed by atoms with E-state index in [2.05, 4.69) is 17.5 Å². The lowest BCUT2D eigenvalue weighted by Crippen LogP contribution is -2.30. The van der Waals surface area contributed by atoms with Crippen molar-refractivity contribution in [2.75, 3.05) is 6.54 Å². The van der Waals surface area contributed by atoms with Gasteiger partial charge in [0, 0.05) is 24.0 Å². The Labute approximate surface area is 107 Å². The van der Waals surface area contributed by atoms with Gasteiger partial charge >= 0.3 is 0 Å². The molecule has 1 unspecified atom stereocenters. The zero-order chi connectivity index (χ0) is 10.7. The number of benzene rings is 1. The number of fused-ring (bicyclic) bond motifs is 1. The molecule has 4 heteroatoms. The average molecular weight is 257 g/mol. The van der Waals surface area contributed by atoms with Crippen molar-refractivity contribution in [3.05, 3.63) is 34.3 Å². The van der Waals surface area contributed by atoms with Crippen LogP contribution in [0.15, 0.2) is 18.2 Å². The summed E-state index contributed by atoms with van der Waals surface area (Å²) < 4.78 is 0. The zero-order valence-corrected chi connectivity index (χ0v) is 10.4. The van der Waals surface area contributed by atoms with Crippen molar-refractivity contribution in [3.8, 4) is 6.07 Å². The van der Waals surface area contributed by atoms with Crippen LogP contribution >= 0.6 is 24.0 Å². The summed E-state index contributed by atoms with van der Waals surface area (Å²) >= 11 is 5.93. The number of rotatable bonds is 3. The van der Waals surface area contributed by atoms with Crippen LogP contribution < -0.4 is 5.32 Å². The molecule has 0 heterocycles. The van der Waals surface area contributed by atoms with Crippen molar-refractivity contribution in [3.63, 3.8) is 0 Å². The molecule has 1 atom stereocenters. The van der Waals surface area contributed by atoms with E-state index < -0.39 is 0 Å². The van der Waals surface area contributed by atoms with Crippen molar-refractivity contribution in [2.45, 2.75) is 25.3 Å². The van der Waals surface area contributed by atoms with Gasteiger partial charge in [-0.1, -0.05) is 17.7 Å². The van der Waals surface area contributed by atoms with Crippen molar-refractivity contribution in [1.82, 2.24) is 5.32 Å². The van der Waals surface area contributed by atoms with Gasteiger partial charge in [0.2, 0.25) is 0 Å². The van der Waals surface area contributed by atoms with E-state index in [0.717, 1.165) is 24.4 Å². The highest BCUT2D eigenvalue weighted by Crippen LogP contribution is 2.25. The molecule has 86 valence electrons. The Morgan fingerprint density at radius 1 is 1.38 bits per heavy atom. The van der Waals surface area contributed by atoms with Crippen LogP contribution in [0.2, 0.25) is 5.02 Å². The molecule has 1 aromatic carbocycles. The third-order valence-corrected chi connectivity index (χ3v) is 3.01. The molecule has 1 aliphatic rings. The van der Waals surface area contributed by atoms with E-state index in [1.165, 1.54) is 11.1 Å². The molecule has 0 radical (unpaired) electrons. The van der Waals surface area contributed by atoms with Crippen LogP contribution in [0.25, 0.3) is 0 Å². The highest BCUT2D eigenvalue weighted by Gasteiger charge is 2.20. The summed E-state index contributed by atoms with van der Waals surface area (Å²) in [7, 11) is 0. The summed E-state index contributed by atoms with van der Waals surface area (Å²) in [6.07, 6.45) is 2.66. The molecule has 0 saturated carbocycles. The fourth-order valence-corrected chi connectivity index (χ4v) is 2.26. The summed E-state index contributed by atoms with van der Waals surface area (Å²) in [6, 6.07) is 8.70. The monoisotopic (exact) mass is 256 g/mol. The number of nitrogens with one attached hydrogen (secondary N) is 1. The third-order valence-electron chi connectivity index (χ3n) is 2.77. The second-order valence-corrected chi connectivity index (χ2v) is 4.32. The van der Waals surface area contributed by atoms with E-state index in [1.807, 2.05) is 12.1 Å². The first-order valence-electron chi connectivity index (χ1n) is 5.17. The second kappa shape index (κ2) is 6.10. The van der Waals surface area contributed by atoms with E-state index >= 15 is 0 Å². The van der Waals surface area contributed by atoms with Crippen LogP contribution in [-0.4, -0.2) is 12.6 Å². The molecular formula is C12H14Cl2N2. The van der Waals surface area contributed by atoms with Crippen LogP contribution in [-0.2, 0) is 12.8 Å². The average Bonchev–Trinajstić information content (AvgIpc) is 2.60. The molecule has 1 aromatic rings. The highest BCUT2D eigenvalue weighted by molar-refractivity contribution is 6.30. The fourth-order valence-electron chi connectivity index (χ4n) is 2.06.